The van der Waals surface area contributed by atoms with Gasteiger partial charge in [0.2, 0.25) is 0 Å². The van der Waals surface area contributed by atoms with Crippen molar-refractivity contribution < 1.29 is 19.8 Å². The van der Waals surface area contributed by atoms with Gasteiger partial charge in [0.15, 0.2) is 10.3 Å². The van der Waals surface area contributed by atoms with E-state index in [0.29, 0.717) is 45.3 Å². The fourth-order valence-electron chi connectivity index (χ4n) is 3.53. The van der Waals surface area contributed by atoms with Crippen LogP contribution in [-0.2, 0) is 22.7 Å². The topological polar surface area (TPSA) is 154 Å². The van der Waals surface area contributed by atoms with Crippen LogP contribution in [0.15, 0.2) is 74.5 Å². The number of thioether (sulfide) groups is 2. The monoisotopic (exact) mass is 561 g/mol. The maximum Gasteiger partial charge on any atom is 0.264 e. The summed E-state index contributed by atoms with van der Waals surface area (Å²) in [6, 6.07) is 13.2. The van der Waals surface area contributed by atoms with Crippen molar-refractivity contribution in [3.8, 4) is 11.5 Å². The van der Waals surface area contributed by atoms with Crippen molar-refractivity contribution in [2.45, 2.75) is 19.5 Å². The summed E-state index contributed by atoms with van der Waals surface area (Å²) in [7, 11) is 0. The Morgan fingerprint density at radius 2 is 1.36 bits per heavy atom. The van der Waals surface area contributed by atoms with Crippen LogP contribution in [0.4, 0.5) is 0 Å². The minimum Gasteiger partial charge on any atom is -0.508 e. The number of aliphatic imine (C=N–C) groups is 2. The molecule has 0 atom stereocenters. The van der Waals surface area contributed by atoms with Crippen LogP contribution in [0.25, 0.3) is 12.2 Å². The minimum absolute atomic E-state index is 0.166. The Morgan fingerprint density at radius 3 is 1.92 bits per heavy atom. The number of carbonyl (C=O) groups excluding carboxylic acids is 2. The van der Waals surface area contributed by atoms with Gasteiger partial charge in [-0.3, -0.25) is 24.3 Å². The lowest BCUT2D eigenvalue weighted by Gasteiger charge is -1.98. The normalized spacial score (nSPS) is 19.4. The number of amidine groups is 2. The minimum atomic E-state index is -0.225. The molecule has 0 spiro atoms. The van der Waals surface area contributed by atoms with Gasteiger partial charge in [0, 0.05) is 13.1 Å². The molecule has 4 N–H and O–H groups in total. The van der Waals surface area contributed by atoms with Crippen LogP contribution >= 0.6 is 23.5 Å². The summed E-state index contributed by atoms with van der Waals surface area (Å²) >= 11 is 2.53. The van der Waals surface area contributed by atoms with E-state index in [2.05, 4.69) is 30.9 Å². The first-order chi connectivity index (χ1) is 18.9. The summed E-state index contributed by atoms with van der Waals surface area (Å²) in [6.45, 7) is 1.38. The van der Waals surface area contributed by atoms with Gasteiger partial charge < -0.3 is 20.8 Å². The third-order valence-electron chi connectivity index (χ3n) is 5.45. The van der Waals surface area contributed by atoms with Crippen LogP contribution in [0.2, 0.25) is 0 Å². The predicted molar refractivity (Wildman–Crippen MR) is 152 cm³/mol. The van der Waals surface area contributed by atoms with Gasteiger partial charge in [-0.25, -0.2) is 0 Å². The highest BCUT2D eigenvalue weighted by Crippen LogP contribution is 2.27. The van der Waals surface area contributed by atoms with E-state index in [1.54, 1.807) is 71.6 Å². The summed E-state index contributed by atoms with van der Waals surface area (Å²) < 4.78 is 1.71. The standard InChI is InChI=1S/C26H23N7O4S2/c34-19-6-2-16(3-7-19)12-21-23(36)29-25(38-21)27-10-1-11-33-15-18(31-32-33)14-28-26-30-24(37)22(39-26)13-17-4-8-20(35)9-5-17/h2-9,12-13,15,34-35H,1,10-11,14H2,(H,27,29,36)(H,28,30,37)/b21-12-,22-13-. The molecule has 2 aliphatic heterocycles. The molecule has 198 valence electrons. The van der Waals surface area contributed by atoms with Crippen LogP contribution in [-0.4, -0.2) is 53.9 Å². The van der Waals surface area contributed by atoms with Crippen molar-refractivity contribution in [3.63, 3.8) is 0 Å². The molecule has 2 aromatic carbocycles. The molecular formula is C26H23N7O4S2. The van der Waals surface area contributed by atoms with Gasteiger partial charge in [0.05, 0.1) is 22.6 Å². The van der Waals surface area contributed by atoms with E-state index in [4.69, 9.17) is 0 Å². The smallest absolute Gasteiger partial charge is 0.264 e. The number of benzene rings is 2. The van der Waals surface area contributed by atoms with Crippen molar-refractivity contribution in [1.82, 2.24) is 25.6 Å². The van der Waals surface area contributed by atoms with E-state index in [-0.39, 0.29) is 29.9 Å². The highest BCUT2D eigenvalue weighted by atomic mass is 32.2. The number of hydrogen-bond acceptors (Lipinski definition) is 10. The molecule has 0 bridgehead atoms. The number of aryl methyl sites for hydroxylation is 1. The van der Waals surface area contributed by atoms with E-state index in [9.17, 15) is 19.8 Å². The lowest BCUT2D eigenvalue weighted by Crippen LogP contribution is -2.20. The molecule has 0 radical (unpaired) electrons. The van der Waals surface area contributed by atoms with Crippen molar-refractivity contribution in [3.05, 3.63) is 81.4 Å². The van der Waals surface area contributed by atoms with E-state index in [1.807, 2.05) is 0 Å². The van der Waals surface area contributed by atoms with Crippen molar-refractivity contribution in [2.75, 3.05) is 6.54 Å². The summed E-state index contributed by atoms with van der Waals surface area (Å²) in [5.41, 5.74) is 2.29. The zero-order valence-electron chi connectivity index (χ0n) is 20.4. The van der Waals surface area contributed by atoms with Crippen molar-refractivity contribution >= 4 is 57.8 Å². The summed E-state index contributed by atoms with van der Waals surface area (Å²) in [6.07, 6.45) is 6.00. The van der Waals surface area contributed by atoms with E-state index >= 15 is 0 Å². The molecule has 0 saturated carbocycles. The number of rotatable bonds is 8. The highest BCUT2D eigenvalue weighted by molar-refractivity contribution is 8.19. The van der Waals surface area contributed by atoms with Gasteiger partial charge in [0.1, 0.15) is 17.2 Å². The molecule has 2 amide bonds. The van der Waals surface area contributed by atoms with Gasteiger partial charge >= 0.3 is 0 Å². The first-order valence-corrected chi connectivity index (χ1v) is 13.5. The molecule has 0 unspecified atom stereocenters. The first kappa shape index (κ1) is 26.3. The number of hydrogen-bond donors (Lipinski definition) is 4. The summed E-state index contributed by atoms with van der Waals surface area (Å²) in [5, 5.41) is 33.6. The number of aromatic nitrogens is 3. The Morgan fingerprint density at radius 1 is 0.821 bits per heavy atom. The average Bonchev–Trinajstić information content (AvgIpc) is 3.62. The number of carbonyl (C=O) groups is 2. The van der Waals surface area contributed by atoms with Gasteiger partial charge in [-0.1, -0.05) is 29.5 Å². The number of nitrogens with one attached hydrogen (secondary N) is 2. The highest BCUT2D eigenvalue weighted by Gasteiger charge is 2.24. The van der Waals surface area contributed by atoms with Crippen molar-refractivity contribution in [1.29, 1.82) is 0 Å². The van der Waals surface area contributed by atoms with Crippen molar-refractivity contribution in [2.24, 2.45) is 9.98 Å². The Balaban J connectivity index is 1.08. The van der Waals surface area contributed by atoms with Crippen LogP contribution in [0.5, 0.6) is 11.5 Å². The van der Waals surface area contributed by atoms with Crippen LogP contribution < -0.4 is 10.6 Å². The molecular weight excluding hydrogens is 538 g/mol. The SMILES string of the molecule is O=C1NC(=NCCCn2cc(CN=C3NC(=O)/C(=C/c4ccc(O)cc4)S3)nn2)S/C1=C\c1ccc(O)cc1. The van der Waals surface area contributed by atoms with E-state index < -0.39 is 0 Å². The molecule has 2 saturated heterocycles. The Bertz CT molecular complexity index is 1510. The van der Waals surface area contributed by atoms with Gasteiger partial charge in [0.25, 0.3) is 11.8 Å². The molecule has 0 aliphatic carbocycles. The Kier molecular flexibility index (Phi) is 8.08. The number of amides is 2. The van der Waals surface area contributed by atoms with Crippen LogP contribution in [0.3, 0.4) is 0 Å². The first-order valence-electron chi connectivity index (χ1n) is 11.9. The molecule has 3 heterocycles. The third kappa shape index (κ3) is 7.15. The molecule has 39 heavy (non-hydrogen) atoms. The van der Waals surface area contributed by atoms with Crippen LogP contribution in [0, 0.1) is 0 Å². The quantitative estimate of drug-likeness (QED) is 0.242. The molecule has 1 aromatic heterocycles. The third-order valence-corrected chi connectivity index (χ3v) is 7.35. The molecule has 2 aliphatic rings. The fraction of sp³-hybridized carbons (Fsp3) is 0.154. The average molecular weight is 562 g/mol. The Labute approximate surface area is 231 Å². The lowest BCUT2D eigenvalue weighted by molar-refractivity contribution is -0.116. The largest absolute Gasteiger partial charge is 0.508 e. The number of phenolic OH excluding ortho intramolecular Hbond substituents is 2. The van der Waals surface area contributed by atoms with Gasteiger partial charge in [-0.2, -0.15) is 0 Å². The number of aromatic hydroxyl groups is 2. The zero-order chi connectivity index (χ0) is 27.2. The number of phenols is 2. The lowest BCUT2D eigenvalue weighted by atomic mass is 10.2. The molecule has 2 fully saturated rings. The molecule has 13 heteroatoms. The molecule has 11 nitrogen and oxygen atoms in total. The summed E-state index contributed by atoms with van der Waals surface area (Å²) in [4.78, 5) is 34.4. The van der Waals surface area contributed by atoms with E-state index in [0.717, 1.165) is 11.1 Å². The fourth-order valence-corrected chi connectivity index (χ4v) is 5.20. The van der Waals surface area contributed by atoms with E-state index in [1.165, 1.54) is 23.5 Å². The van der Waals surface area contributed by atoms with Gasteiger partial charge in [-0.05, 0) is 77.5 Å². The molecule has 3 aromatic rings. The van der Waals surface area contributed by atoms with Gasteiger partial charge in [-0.15, -0.1) is 5.10 Å². The second-order valence-electron chi connectivity index (χ2n) is 8.45. The predicted octanol–water partition coefficient (Wildman–Crippen LogP) is 3.10. The second kappa shape index (κ2) is 12.0. The Hall–Kier alpha value is -4.36. The maximum absolute atomic E-state index is 12.2. The summed E-state index contributed by atoms with van der Waals surface area (Å²) in [5.74, 6) is -0.0865. The zero-order valence-corrected chi connectivity index (χ0v) is 22.1. The maximum atomic E-state index is 12.2. The molecule has 5 rings (SSSR count). The number of nitrogens with zero attached hydrogens (tertiary/aromatic N) is 5. The van der Waals surface area contributed by atoms with Crippen LogP contribution in [0.1, 0.15) is 23.2 Å². The second-order valence-corrected chi connectivity index (χ2v) is 10.5.